The van der Waals surface area contributed by atoms with Gasteiger partial charge in [-0.05, 0) is 31.5 Å². The van der Waals surface area contributed by atoms with Gasteiger partial charge in [-0.3, -0.25) is 0 Å². The summed E-state index contributed by atoms with van der Waals surface area (Å²) in [6.45, 7) is 3.69. The van der Waals surface area contributed by atoms with E-state index in [2.05, 4.69) is 4.72 Å². The van der Waals surface area contributed by atoms with Crippen LogP contribution in [-0.4, -0.2) is 32.8 Å². The van der Waals surface area contributed by atoms with Gasteiger partial charge in [0.05, 0.1) is 12.7 Å². The number of ether oxygens (including phenoxy) is 1. The minimum absolute atomic E-state index is 0.0545. The summed E-state index contributed by atoms with van der Waals surface area (Å²) in [7, 11) is -3.95. The lowest BCUT2D eigenvalue weighted by Gasteiger charge is -2.13. The van der Waals surface area contributed by atoms with Crippen LogP contribution < -0.4 is 4.72 Å². The summed E-state index contributed by atoms with van der Waals surface area (Å²) in [5.41, 5.74) is 0.333. The van der Waals surface area contributed by atoms with E-state index in [1.807, 2.05) is 0 Å². The Bertz CT molecular complexity index is 518. The molecular formula is C12H18FNO4S. The molecule has 1 atom stereocenters. The van der Waals surface area contributed by atoms with Crippen molar-refractivity contribution in [2.75, 3.05) is 13.2 Å². The summed E-state index contributed by atoms with van der Waals surface area (Å²) in [6, 6.07) is 3.46. The van der Waals surface area contributed by atoms with E-state index in [9.17, 15) is 12.8 Å². The molecule has 1 aromatic carbocycles. The molecule has 0 aliphatic rings. The molecule has 0 fully saturated rings. The number of aliphatic hydroxyl groups excluding tert-OH is 1. The number of sulfonamides is 1. The van der Waals surface area contributed by atoms with Crippen molar-refractivity contribution < 1.29 is 22.7 Å². The predicted molar refractivity (Wildman–Crippen MR) is 68.6 cm³/mol. The highest BCUT2D eigenvalue weighted by molar-refractivity contribution is 7.89. The molecule has 0 saturated heterocycles. The maximum Gasteiger partial charge on any atom is 0.243 e. The fraction of sp³-hybridized carbons (Fsp3) is 0.500. The Morgan fingerprint density at radius 2 is 2.16 bits per heavy atom. The molecular weight excluding hydrogens is 273 g/mol. The number of benzene rings is 1. The normalized spacial score (nSPS) is 13.5. The first-order valence-corrected chi connectivity index (χ1v) is 7.39. The number of aliphatic hydroxyl groups is 1. The third-order valence-electron chi connectivity index (χ3n) is 2.48. The first kappa shape index (κ1) is 16.0. The van der Waals surface area contributed by atoms with Crippen molar-refractivity contribution in [1.82, 2.24) is 4.72 Å². The Morgan fingerprint density at radius 3 is 2.74 bits per heavy atom. The highest BCUT2D eigenvalue weighted by atomic mass is 32.2. The summed E-state index contributed by atoms with van der Waals surface area (Å²) >= 11 is 0. The van der Waals surface area contributed by atoms with Crippen molar-refractivity contribution in [1.29, 1.82) is 0 Å². The van der Waals surface area contributed by atoms with E-state index in [4.69, 9.17) is 9.84 Å². The summed E-state index contributed by atoms with van der Waals surface area (Å²) in [6.07, 6.45) is -0.302. The third kappa shape index (κ3) is 4.54. The van der Waals surface area contributed by atoms with Crippen LogP contribution in [0.5, 0.6) is 0 Å². The lowest BCUT2D eigenvalue weighted by atomic mass is 10.2. The van der Waals surface area contributed by atoms with Crippen molar-refractivity contribution in [2.45, 2.75) is 31.5 Å². The zero-order chi connectivity index (χ0) is 14.5. The van der Waals surface area contributed by atoms with Gasteiger partial charge in [0.1, 0.15) is 10.7 Å². The fourth-order valence-electron chi connectivity index (χ4n) is 1.50. The standard InChI is InChI=1S/C12H18FNO4S/c1-3-18-9(2)7-14-19(16,17)12-6-10(8-15)4-5-11(12)13/h4-6,9,14-15H,3,7-8H2,1-2H3. The molecule has 1 aromatic rings. The zero-order valence-corrected chi connectivity index (χ0v) is 11.7. The van der Waals surface area contributed by atoms with E-state index in [1.54, 1.807) is 13.8 Å². The monoisotopic (exact) mass is 291 g/mol. The topological polar surface area (TPSA) is 75.6 Å². The second-order valence-corrected chi connectivity index (χ2v) is 5.78. The lowest BCUT2D eigenvalue weighted by molar-refractivity contribution is 0.0799. The molecule has 0 aromatic heterocycles. The quantitative estimate of drug-likeness (QED) is 0.786. The van der Waals surface area contributed by atoms with E-state index >= 15 is 0 Å². The van der Waals surface area contributed by atoms with Gasteiger partial charge in [-0.15, -0.1) is 0 Å². The number of hydrogen-bond acceptors (Lipinski definition) is 4. The molecule has 5 nitrogen and oxygen atoms in total. The van der Waals surface area contributed by atoms with E-state index in [1.165, 1.54) is 6.07 Å². The van der Waals surface area contributed by atoms with Crippen LogP contribution in [0.15, 0.2) is 23.1 Å². The molecule has 19 heavy (non-hydrogen) atoms. The number of halogens is 1. The molecule has 2 N–H and O–H groups in total. The number of nitrogens with one attached hydrogen (secondary N) is 1. The maximum absolute atomic E-state index is 13.5. The van der Waals surface area contributed by atoms with Gasteiger partial charge in [-0.2, -0.15) is 0 Å². The lowest BCUT2D eigenvalue weighted by Crippen LogP contribution is -2.32. The van der Waals surface area contributed by atoms with Crippen LogP contribution in [0.4, 0.5) is 4.39 Å². The average Bonchev–Trinajstić information content (AvgIpc) is 2.37. The van der Waals surface area contributed by atoms with Crippen molar-refractivity contribution in [3.8, 4) is 0 Å². The summed E-state index contributed by atoms with van der Waals surface area (Å²) in [5, 5.41) is 8.95. The average molecular weight is 291 g/mol. The molecule has 0 radical (unpaired) electrons. The van der Waals surface area contributed by atoms with Crippen LogP contribution >= 0.6 is 0 Å². The third-order valence-corrected chi connectivity index (χ3v) is 3.92. The molecule has 0 spiro atoms. The van der Waals surface area contributed by atoms with Crippen molar-refractivity contribution in [2.24, 2.45) is 0 Å². The van der Waals surface area contributed by atoms with Crippen LogP contribution in [0.3, 0.4) is 0 Å². The Hall–Kier alpha value is -1.02. The Kier molecular flexibility index (Phi) is 5.86. The number of hydrogen-bond donors (Lipinski definition) is 2. The summed E-state index contributed by atoms with van der Waals surface area (Å²) in [4.78, 5) is -0.470. The van der Waals surface area contributed by atoms with Gasteiger partial charge >= 0.3 is 0 Å². The van der Waals surface area contributed by atoms with Gasteiger partial charge in [0, 0.05) is 13.2 Å². The Balaban J connectivity index is 2.88. The minimum atomic E-state index is -3.95. The molecule has 0 aliphatic heterocycles. The minimum Gasteiger partial charge on any atom is -0.392 e. The molecule has 108 valence electrons. The molecule has 0 bridgehead atoms. The van der Waals surface area contributed by atoms with Gasteiger partial charge in [-0.25, -0.2) is 17.5 Å². The summed E-state index contributed by atoms with van der Waals surface area (Å²) < 4.78 is 44.9. The Labute approximate surface area is 112 Å². The first-order chi connectivity index (χ1) is 8.90. The zero-order valence-electron chi connectivity index (χ0n) is 10.9. The SMILES string of the molecule is CCOC(C)CNS(=O)(=O)c1cc(CO)ccc1F. The second kappa shape index (κ2) is 6.95. The first-order valence-electron chi connectivity index (χ1n) is 5.91. The molecule has 0 saturated carbocycles. The second-order valence-electron chi connectivity index (χ2n) is 4.04. The van der Waals surface area contributed by atoms with Crippen LogP contribution in [0.2, 0.25) is 0 Å². The maximum atomic E-state index is 13.5. The van der Waals surface area contributed by atoms with Crippen LogP contribution in [0, 0.1) is 5.82 Å². The Morgan fingerprint density at radius 1 is 1.47 bits per heavy atom. The highest BCUT2D eigenvalue weighted by Gasteiger charge is 2.20. The van der Waals surface area contributed by atoms with Crippen molar-refractivity contribution in [3.05, 3.63) is 29.6 Å². The molecule has 1 rings (SSSR count). The van der Waals surface area contributed by atoms with E-state index in [0.717, 1.165) is 12.1 Å². The van der Waals surface area contributed by atoms with Gasteiger partial charge in [-0.1, -0.05) is 6.07 Å². The molecule has 0 amide bonds. The van der Waals surface area contributed by atoms with E-state index < -0.39 is 20.7 Å². The van der Waals surface area contributed by atoms with Crippen LogP contribution in [-0.2, 0) is 21.4 Å². The van der Waals surface area contributed by atoms with Gasteiger partial charge < -0.3 is 9.84 Å². The largest absolute Gasteiger partial charge is 0.392 e. The molecule has 7 heteroatoms. The fourth-order valence-corrected chi connectivity index (χ4v) is 2.74. The van der Waals surface area contributed by atoms with Gasteiger partial charge in [0.15, 0.2) is 0 Å². The number of rotatable bonds is 7. The van der Waals surface area contributed by atoms with E-state index in [-0.39, 0.29) is 19.3 Å². The molecule has 1 unspecified atom stereocenters. The van der Waals surface area contributed by atoms with Crippen molar-refractivity contribution >= 4 is 10.0 Å². The van der Waals surface area contributed by atoms with Crippen LogP contribution in [0.25, 0.3) is 0 Å². The van der Waals surface area contributed by atoms with E-state index in [0.29, 0.717) is 12.2 Å². The van der Waals surface area contributed by atoms with Crippen molar-refractivity contribution in [3.63, 3.8) is 0 Å². The molecule has 0 aliphatic carbocycles. The van der Waals surface area contributed by atoms with Crippen LogP contribution in [0.1, 0.15) is 19.4 Å². The van der Waals surface area contributed by atoms with Gasteiger partial charge in [0.2, 0.25) is 10.0 Å². The highest BCUT2D eigenvalue weighted by Crippen LogP contribution is 2.16. The summed E-state index contributed by atoms with van der Waals surface area (Å²) in [5.74, 6) is -0.853. The smallest absolute Gasteiger partial charge is 0.243 e. The van der Waals surface area contributed by atoms with Gasteiger partial charge in [0.25, 0.3) is 0 Å². The molecule has 0 heterocycles. The predicted octanol–water partition coefficient (Wildman–Crippen LogP) is 1.02.